The van der Waals surface area contributed by atoms with Gasteiger partial charge in [-0.2, -0.15) is 0 Å². The number of furan rings is 1. The fourth-order valence-corrected chi connectivity index (χ4v) is 2.81. The third-order valence-electron chi connectivity index (χ3n) is 2.75. The Morgan fingerprint density at radius 1 is 1.24 bits per heavy atom. The van der Waals surface area contributed by atoms with Gasteiger partial charge in [0, 0.05) is 17.3 Å². The Balaban J connectivity index is 2.13. The van der Waals surface area contributed by atoms with Crippen LogP contribution >= 0.6 is 43.5 Å². The first-order chi connectivity index (χ1) is 8.15. The fraction of sp³-hybridized carbons (Fsp3) is 0.273. The topological polar surface area (TPSA) is 38.9 Å². The van der Waals surface area contributed by atoms with E-state index in [-0.39, 0.29) is 0 Å². The first-order valence-electron chi connectivity index (χ1n) is 5.15. The third-order valence-corrected chi connectivity index (χ3v) is 4.77. The Morgan fingerprint density at radius 2 is 2.06 bits per heavy atom. The second-order valence-corrected chi connectivity index (χ2v) is 5.78. The summed E-state index contributed by atoms with van der Waals surface area (Å²) in [4.78, 5) is 8.80. The van der Waals surface area contributed by atoms with E-state index < -0.39 is 0 Å². The average Bonchev–Trinajstić information content (AvgIpc) is 2.87. The summed E-state index contributed by atoms with van der Waals surface area (Å²) in [5, 5.41) is 0.547. The highest BCUT2D eigenvalue weighted by Crippen LogP contribution is 2.33. The van der Waals surface area contributed by atoms with E-state index >= 15 is 0 Å². The van der Waals surface area contributed by atoms with Crippen LogP contribution < -0.4 is 0 Å². The Labute approximate surface area is 120 Å². The van der Waals surface area contributed by atoms with Gasteiger partial charge in [-0.15, -0.1) is 0 Å². The highest BCUT2D eigenvalue weighted by Gasteiger charge is 2.20. The smallest absolute Gasteiger partial charge is 0.197 e. The van der Waals surface area contributed by atoms with E-state index in [9.17, 15) is 0 Å². The predicted molar refractivity (Wildman–Crippen MR) is 72.2 cm³/mol. The Kier molecular flexibility index (Phi) is 3.00. The van der Waals surface area contributed by atoms with Gasteiger partial charge in [-0.3, -0.25) is 0 Å². The quantitative estimate of drug-likeness (QED) is 0.691. The van der Waals surface area contributed by atoms with Gasteiger partial charge in [0.1, 0.15) is 5.15 Å². The third kappa shape index (κ3) is 2.04. The van der Waals surface area contributed by atoms with Crippen molar-refractivity contribution in [2.45, 2.75) is 19.3 Å². The zero-order chi connectivity index (χ0) is 12.0. The van der Waals surface area contributed by atoms with Crippen LogP contribution in [-0.2, 0) is 12.8 Å². The van der Waals surface area contributed by atoms with E-state index in [0.29, 0.717) is 21.4 Å². The molecular formula is C11H7Br2ClN2O. The van der Waals surface area contributed by atoms with Crippen LogP contribution in [0.1, 0.15) is 17.7 Å². The predicted octanol–water partition coefficient (Wildman–Crippen LogP) is 4.40. The van der Waals surface area contributed by atoms with Gasteiger partial charge in [-0.1, -0.05) is 11.6 Å². The number of nitrogens with zero attached hydrogens (tertiary/aromatic N) is 2. The number of fused-ring (bicyclic) bond motifs is 1. The largest absolute Gasteiger partial charge is 0.445 e. The second-order valence-electron chi connectivity index (χ2n) is 3.85. The molecule has 1 aliphatic carbocycles. The van der Waals surface area contributed by atoms with Gasteiger partial charge < -0.3 is 4.42 Å². The van der Waals surface area contributed by atoms with E-state index in [2.05, 4.69) is 41.8 Å². The molecule has 0 aliphatic heterocycles. The fourth-order valence-electron chi connectivity index (χ4n) is 1.95. The zero-order valence-corrected chi connectivity index (χ0v) is 12.6. The Morgan fingerprint density at radius 3 is 2.76 bits per heavy atom. The zero-order valence-electron chi connectivity index (χ0n) is 8.64. The molecule has 2 aromatic heterocycles. The summed E-state index contributed by atoms with van der Waals surface area (Å²) in [6.45, 7) is 0. The molecule has 2 heterocycles. The first-order valence-corrected chi connectivity index (χ1v) is 7.12. The van der Waals surface area contributed by atoms with Crippen LogP contribution in [0, 0.1) is 0 Å². The van der Waals surface area contributed by atoms with Crippen molar-refractivity contribution in [2.75, 3.05) is 0 Å². The maximum Gasteiger partial charge on any atom is 0.197 e. The summed E-state index contributed by atoms with van der Waals surface area (Å²) in [6.07, 6.45) is 3.03. The molecule has 3 nitrogen and oxygen atoms in total. The highest BCUT2D eigenvalue weighted by molar-refractivity contribution is 9.13. The molecular weight excluding hydrogens is 371 g/mol. The molecule has 88 valence electrons. The van der Waals surface area contributed by atoms with Gasteiger partial charge in [0.15, 0.2) is 16.3 Å². The molecule has 0 aromatic carbocycles. The lowest BCUT2D eigenvalue weighted by Gasteiger charge is -2.03. The number of hydrogen-bond donors (Lipinski definition) is 0. The minimum absolute atomic E-state index is 0.544. The van der Waals surface area contributed by atoms with Crippen LogP contribution in [0.25, 0.3) is 11.6 Å². The minimum atomic E-state index is 0.544. The normalized spacial score (nSPS) is 14.1. The van der Waals surface area contributed by atoms with Crippen molar-refractivity contribution in [3.63, 3.8) is 0 Å². The Bertz CT molecular complexity index is 578. The van der Waals surface area contributed by atoms with Gasteiger partial charge >= 0.3 is 0 Å². The molecule has 0 unspecified atom stereocenters. The van der Waals surface area contributed by atoms with Crippen molar-refractivity contribution in [1.82, 2.24) is 9.97 Å². The van der Waals surface area contributed by atoms with E-state index in [1.165, 1.54) is 0 Å². The molecule has 0 N–H and O–H groups in total. The number of rotatable bonds is 1. The van der Waals surface area contributed by atoms with E-state index in [1.807, 2.05) is 6.07 Å². The van der Waals surface area contributed by atoms with Crippen molar-refractivity contribution >= 4 is 43.5 Å². The number of aryl methyl sites for hydroxylation is 1. The summed E-state index contributed by atoms with van der Waals surface area (Å²) in [5.41, 5.74) is 2.13. The number of halogens is 3. The van der Waals surface area contributed by atoms with Gasteiger partial charge in [0.25, 0.3) is 0 Å². The van der Waals surface area contributed by atoms with E-state index in [4.69, 9.17) is 16.0 Å². The average molecular weight is 378 g/mol. The van der Waals surface area contributed by atoms with Crippen LogP contribution in [0.15, 0.2) is 19.6 Å². The summed E-state index contributed by atoms with van der Waals surface area (Å²) < 4.78 is 6.97. The maximum atomic E-state index is 6.16. The van der Waals surface area contributed by atoms with Crippen LogP contribution in [0.2, 0.25) is 5.15 Å². The van der Waals surface area contributed by atoms with Gasteiger partial charge in [-0.25, -0.2) is 9.97 Å². The summed E-state index contributed by atoms with van der Waals surface area (Å²) in [5.74, 6) is 1.16. The van der Waals surface area contributed by atoms with E-state index in [0.717, 1.165) is 35.0 Å². The van der Waals surface area contributed by atoms with E-state index in [1.54, 1.807) is 0 Å². The second kappa shape index (κ2) is 4.37. The molecule has 17 heavy (non-hydrogen) atoms. The molecule has 6 heteroatoms. The van der Waals surface area contributed by atoms with Crippen molar-refractivity contribution in [1.29, 1.82) is 0 Å². The standard InChI is InChI=1S/C11H7Br2ClN2O/c12-6-4-8(17-9(6)13)11-15-7-3-1-2-5(7)10(14)16-11/h4H,1-3H2. The molecule has 0 atom stereocenters. The van der Waals surface area contributed by atoms with Gasteiger partial charge in [-0.05, 0) is 51.1 Å². The van der Waals surface area contributed by atoms with Crippen molar-refractivity contribution in [3.05, 3.63) is 31.6 Å². The van der Waals surface area contributed by atoms with Crippen molar-refractivity contribution in [2.24, 2.45) is 0 Å². The summed E-state index contributed by atoms with van der Waals surface area (Å²) >= 11 is 12.8. The molecule has 0 amide bonds. The maximum absolute atomic E-state index is 6.16. The van der Waals surface area contributed by atoms with Crippen LogP contribution in [0.3, 0.4) is 0 Å². The molecule has 2 aromatic rings. The molecule has 3 rings (SSSR count). The monoisotopic (exact) mass is 376 g/mol. The molecule has 0 saturated heterocycles. The number of hydrogen-bond acceptors (Lipinski definition) is 3. The summed E-state index contributed by atoms with van der Waals surface area (Å²) in [6, 6.07) is 1.83. The van der Waals surface area contributed by atoms with Crippen LogP contribution in [0.5, 0.6) is 0 Å². The van der Waals surface area contributed by atoms with Crippen LogP contribution in [0.4, 0.5) is 0 Å². The molecule has 1 aliphatic rings. The lowest BCUT2D eigenvalue weighted by Crippen LogP contribution is -1.96. The minimum Gasteiger partial charge on any atom is -0.445 e. The lowest BCUT2D eigenvalue weighted by molar-refractivity contribution is 0.549. The van der Waals surface area contributed by atoms with Gasteiger partial charge in [0.2, 0.25) is 0 Å². The molecule has 0 bridgehead atoms. The molecule has 0 spiro atoms. The molecule has 0 fully saturated rings. The highest BCUT2D eigenvalue weighted by atomic mass is 79.9. The van der Waals surface area contributed by atoms with Crippen molar-refractivity contribution < 1.29 is 4.42 Å². The summed E-state index contributed by atoms with van der Waals surface area (Å²) in [7, 11) is 0. The SMILES string of the molecule is Clc1nc(-c2cc(Br)c(Br)o2)nc2c1CCC2. The lowest BCUT2D eigenvalue weighted by atomic mass is 10.2. The van der Waals surface area contributed by atoms with Gasteiger partial charge in [0.05, 0.1) is 4.47 Å². The van der Waals surface area contributed by atoms with Crippen molar-refractivity contribution in [3.8, 4) is 11.6 Å². The molecule has 0 saturated carbocycles. The first kappa shape index (κ1) is 11.7. The number of aromatic nitrogens is 2. The van der Waals surface area contributed by atoms with Crippen LogP contribution in [-0.4, -0.2) is 9.97 Å². The Hall–Kier alpha value is -0.390. The molecule has 0 radical (unpaired) electrons.